The van der Waals surface area contributed by atoms with E-state index < -0.39 is 4.75 Å². The molecule has 5 rings (SSSR count). The zero-order valence-corrected chi connectivity index (χ0v) is 22.9. The van der Waals surface area contributed by atoms with E-state index >= 15 is 0 Å². The molecule has 1 saturated heterocycles. The molecule has 0 spiro atoms. The van der Waals surface area contributed by atoms with Gasteiger partial charge in [-0.1, -0.05) is 23.7 Å². The molecule has 196 valence electrons. The Balaban J connectivity index is 1.28. The number of fused-ring (bicyclic) bond motifs is 1. The summed E-state index contributed by atoms with van der Waals surface area (Å²) < 4.78 is 13.2. The van der Waals surface area contributed by atoms with Gasteiger partial charge in [-0.3, -0.25) is 14.9 Å². The first kappa shape index (κ1) is 25.9. The van der Waals surface area contributed by atoms with Gasteiger partial charge in [0.25, 0.3) is 5.24 Å². The Morgan fingerprint density at radius 3 is 2.50 bits per heavy atom. The van der Waals surface area contributed by atoms with Crippen molar-refractivity contribution in [3.63, 3.8) is 0 Å². The van der Waals surface area contributed by atoms with Crippen LogP contribution in [0.1, 0.15) is 29.4 Å². The number of carbonyl (C=O) groups excluding carboxylic acids is 2. The van der Waals surface area contributed by atoms with E-state index in [0.29, 0.717) is 39.8 Å². The first-order chi connectivity index (χ1) is 18.0. The highest BCUT2D eigenvalue weighted by molar-refractivity contribution is 8.16. The molecule has 1 aliphatic heterocycles. The molecule has 4 aromatic rings. The number of thioether (sulfide) groups is 1. The largest absolute Gasteiger partial charge is 0.507 e. The third-order valence-corrected chi connectivity index (χ3v) is 8.18. The summed E-state index contributed by atoms with van der Waals surface area (Å²) in [5, 5.41) is 12.5. The van der Waals surface area contributed by atoms with Crippen LogP contribution in [0.3, 0.4) is 0 Å². The molecule has 2 N–H and O–H groups in total. The second-order valence-electron chi connectivity index (χ2n) is 9.50. The first-order valence-electron chi connectivity index (χ1n) is 11.9. The predicted molar refractivity (Wildman–Crippen MR) is 147 cm³/mol. The second kappa shape index (κ2) is 9.89. The predicted octanol–water partition coefficient (Wildman–Crippen LogP) is 6.20. The number of carbonyl (C=O) groups is 2. The number of imide groups is 1. The number of benzene rings is 3. The summed E-state index contributed by atoms with van der Waals surface area (Å²) in [7, 11) is 1.91. The highest BCUT2D eigenvalue weighted by atomic mass is 35.5. The van der Waals surface area contributed by atoms with Gasteiger partial charge in [0.05, 0.1) is 16.1 Å². The number of hydrogen-bond acceptors (Lipinski definition) is 7. The van der Waals surface area contributed by atoms with Crippen LogP contribution in [-0.2, 0) is 24.9 Å². The van der Waals surface area contributed by atoms with E-state index in [4.69, 9.17) is 21.1 Å². The van der Waals surface area contributed by atoms with Crippen LogP contribution in [0.2, 0.25) is 5.02 Å². The summed E-state index contributed by atoms with van der Waals surface area (Å²) in [6, 6.07) is 14.8. The summed E-state index contributed by atoms with van der Waals surface area (Å²) in [5.74, 6) is 2.37. The maximum absolute atomic E-state index is 12.1. The molecule has 1 fully saturated rings. The molecule has 2 amide bonds. The number of rotatable bonds is 7. The summed E-state index contributed by atoms with van der Waals surface area (Å²) in [6.45, 7) is 5.57. The number of imidazole rings is 1. The SMILES string of the molecule is Cc1cc(Oc2ccc3nc(COc4ccc(C[C@]5(C)SC(=O)NC5=O)cc4)n(C)c3c2)c(Cl)c(C)c1O. The quantitative estimate of drug-likeness (QED) is 0.282. The van der Waals surface area contributed by atoms with Gasteiger partial charge in [-0.25, -0.2) is 4.98 Å². The average Bonchev–Trinajstić information content (AvgIpc) is 3.33. The van der Waals surface area contributed by atoms with E-state index in [9.17, 15) is 14.7 Å². The summed E-state index contributed by atoms with van der Waals surface area (Å²) in [4.78, 5) is 28.3. The minimum Gasteiger partial charge on any atom is -0.507 e. The number of nitrogens with zero attached hydrogens (tertiary/aromatic N) is 2. The second-order valence-corrected chi connectivity index (χ2v) is 11.4. The van der Waals surface area contributed by atoms with Gasteiger partial charge >= 0.3 is 0 Å². The third-order valence-electron chi connectivity index (χ3n) is 6.64. The molecule has 8 nitrogen and oxygen atoms in total. The molecule has 0 bridgehead atoms. The van der Waals surface area contributed by atoms with E-state index in [1.54, 1.807) is 26.8 Å². The molecule has 1 aromatic heterocycles. The third kappa shape index (κ3) is 4.91. The maximum Gasteiger partial charge on any atom is 0.286 e. The number of aromatic hydroxyl groups is 1. The topological polar surface area (TPSA) is 103 Å². The molecule has 10 heteroatoms. The fourth-order valence-electron chi connectivity index (χ4n) is 4.38. The van der Waals surface area contributed by atoms with Crippen LogP contribution in [0.4, 0.5) is 4.79 Å². The Kier molecular flexibility index (Phi) is 6.75. The Hall–Kier alpha value is -3.69. The normalized spacial score (nSPS) is 17.2. The van der Waals surface area contributed by atoms with E-state index in [2.05, 4.69) is 10.3 Å². The van der Waals surface area contributed by atoms with E-state index in [0.717, 1.165) is 34.2 Å². The lowest BCUT2D eigenvalue weighted by Gasteiger charge is -2.18. The number of hydrogen-bond donors (Lipinski definition) is 2. The number of aryl methyl sites for hydroxylation is 2. The van der Waals surface area contributed by atoms with E-state index in [1.807, 2.05) is 54.1 Å². The monoisotopic (exact) mass is 551 g/mol. The maximum atomic E-state index is 12.1. The number of ether oxygens (including phenoxy) is 2. The zero-order valence-electron chi connectivity index (χ0n) is 21.3. The van der Waals surface area contributed by atoms with Crippen molar-refractivity contribution in [2.75, 3.05) is 0 Å². The molecule has 0 saturated carbocycles. The fraction of sp³-hybridized carbons (Fsp3) is 0.250. The van der Waals surface area contributed by atoms with Gasteiger partial charge in [0.15, 0.2) is 0 Å². The number of aromatic nitrogens is 2. The van der Waals surface area contributed by atoms with Crippen LogP contribution < -0.4 is 14.8 Å². The van der Waals surface area contributed by atoms with Gasteiger partial charge in [-0.2, -0.15) is 0 Å². The lowest BCUT2D eigenvalue weighted by Crippen LogP contribution is -2.35. The highest BCUT2D eigenvalue weighted by Crippen LogP contribution is 2.39. The van der Waals surface area contributed by atoms with Crippen molar-refractivity contribution >= 4 is 45.5 Å². The smallest absolute Gasteiger partial charge is 0.286 e. The van der Waals surface area contributed by atoms with Gasteiger partial charge in [0, 0.05) is 18.7 Å². The molecule has 38 heavy (non-hydrogen) atoms. The van der Waals surface area contributed by atoms with Gasteiger partial charge in [-0.05, 0) is 80.4 Å². The van der Waals surface area contributed by atoms with Crippen LogP contribution >= 0.6 is 23.4 Å². The standard InChI is InChI=1S/C28H26ClN3O5S/c1-15-11-22(24(29)16(2)25(15)33)37-19-9-10-20-21(12-19)32(4)23(30-20)14-36-18-7-5-17(6-8-18)13-28(3)26(34)31-27(35)38-28/h5-12,33H,13-14H2,1-4H3,(H,31,34,35)/t28-/m0/s1. The molecule has 0 aliphatic carbocycles. The number of phenolic OH excluding ortho intramolecular Hbond substituents is 1. The van der Waals surface area contributed by atoms with Crippen LogP contribution in [0.15, 0.2) is 48.5 Å². The lowest BCUT2D eigenvalue weighted by molar-refractivity contribution is -0.121. The Morgan fingerprint density at radius 1 is 1.11 bits per heavy atom. The van der Waals surface area contributed by atoms with Gasteiger partial charge in [0.1, 0.15) is 40.2 Å². The fourth-order valence-corrected chi connectivity index (χ4v) is 5.50. The number of halogens is 1. The molecule has 0 unspecified atom stereocenters. The first-order valence-corrected chi connectivity index (χ1v) is 13.1. The molecule has 1 aliphatic rings. The molecule has 2 heterocycles. The van der Waals surface area contributed by atoms with E-state index in [-0.39, 0.29) is 23.5 Å². The van der Waals surface area contributed by atoms with Crippen molar-refractivity contribution in [2.24, 2.45) is 7.05 Å². The summed E-state index contributed by atoms with van der Waals surface area (Å²) in [5.41, 5.74) is 3.86. The van der Waals surface area contributed by atoms with Crippen LogP contribution in [0.25, 0.3) is 11.0 Å². The molecular weight excluding hydrogens is 526 g/mol. The van der Waals surface area contributed by atoms with Crippen LogP contribution in [0, 0.1) is 13.8 Å². The zero-order chi connectivity index (χ0) is 27.2. The minimum atomic E-state index is -0.805. The highest BCUT2D eigenvalue weighted by Gasteiger charge is 2.43. The molecule has 3 aromatic carbocycles. The van der Waals surface area contributed by atoms with Crippen LogP contribution in [0.5, 0.6) is 23.0 Å². The Morgan fingerprint density at radius 2 is 1.82 bits per heavy atom. The molecule has 1 atom stereocenters. The average molecular weight is 552 g/mol. The molecule has 0 radical (unpaired) electrons. The van der Waals surface area contributed by atoms with Crippen molar-refractivity contribution in [1.82, 2.24) is 14.9 Å². The van der Waals surface area contributed by atoms with Gasteiger partial charge in [-0.15, -0.1) is 0 Å². The van der Waals surface area contributed by atoms with Crippen molar-refractivity contribution in [3.05, 3.63) is 76.1 Å². The summed E-state index contributed by atoms with van der Waals surface area (Å²) >= 11 is 7.42. The molecular formula is C28H26ClN3O5S. The van der Waals surface area contributed by atoms with Crippen molar-refractivity contribution in [2.45, 2.75) is 38.5 Å². The number of nitrogens with one attached hydrogen (secondary N) is 1. The van der Waals surface area contributed by atoms with E-state index in [1.165, 1.54) is 0 Å². The van der Waals surface area contributed by atoms with Crippen molar-refractivity contribution < 1.29 is 24.2 Å². The van der Waals surface area contributed by atoms with Gasteiger partial charge < -0.3 is 19.1 Å². The minimum absolute atomic E-state index is 0.162. The Labute approximate surface area is 228 Å². The number of amides is 2. The van der Waals surface area contributed by atoms with Crippen molar-refractivity contribution in [3.8, 4) is 23.0 Å². The number of phenols is 1. The summed E-state index contributed by atoms with van der Waals surface area (Å²) in [6.07, 6.45) is 0.444. The lowest BCUT2D eigenvalue weighted by atomic mass is 9.99. The van der Waals surface area contributed by atoms with Gasteiger partial charge in [0.2, 0.25) is 5.91 Å². The Bertz CT molecular complexity index is 1580. The van der Waals surface area contributed by atoms with Crippen LogP contribution in [-0.4, -0.2) is 30.6 Å². The van der Waals surface area contributed by atoms with Crippen molar-refractivity contribution in [1.29, 1.82) is 0 Å².